The largest absolute Gasteiger partial charge is 0.496 e. The summed E-state index contributed by atoms with van der Waals surface area (Å²) in [6, 6.07) is 9.31. The summed E-state index contributed by atoms with van der Waals surface area (Å²) in [7, 11) is 1.58. The van der Waals surface area contributed by atoms with E-state index in [1.54, 1.807) is 12.0 Å². The summed E-state index contributed by atoms with van der Waals surface area (Å²) >= 11 is 0. The number of aromatic nitrogens is 3. The molecule has 3 saturated heterocycles. The normalized spacial score (nSPS) is 20.7. The van der Waals surface area contributed by atoms with Crippen LogP contribution in [0.5, 0.6) is 5.75 Å². The van der Waals surface area contributed by atoms with Crippen LogP contribution in [0.3, 0.4) is 0 Å². The predicted molar refractivity (Wildman–Crippen MR) is 182 cm³/mol. The Morgan fingerprint density at radius 2 is 1.83 bits per heavy atom. The van der Waals surface area contributed by atoms with E-state index in [4.69, 9.17) is 29.2 Å². The number of nitrogens with zero attached hydrogens (tertiary/aromatic N) is 6. The zero-order chi connectivity index (χ0) is 34.0. The van der Waals surface area contributed by atoms with Gasteiger partial charge in [0.05, 0.1) is 44.1 Å². The van der Waals surface area contributed by atoms with Crippen LogP contribution in [-0.4, -0.2) is 112 Å². The first-order chi connectivity index (χ1) is 23.0. The molecule has 0 spiro atoms. The van der Waals surface area contributed by atoms with Crippen LogP contribution in [0.25, 0.3) is 22.3 Å². The molecule has 1 unspecified atom stereocenters. The van der Waals surface area contributed by atoms with E-state index in [1.165, 1.54) is 0 Å². The zero-order valence-corrected chi connectivity index (χ0v) is 28.6. The van der Waals surface area contributed by atoms with E-state index in [9.17, 15) is 14.7 Å². The number of carbonyl (C=O) groups excluding carboxylic acids is 2. The molecule has 6 rings (SSSR count). The summed E-state index contributed by atoms with van der Waals surface area (Å²) in [5.41, 5.74) is 2.21. The molecule has 1 aromatic carbocycles. The Balaban J connectivity index is 1.21. The van der Waals surface area contributed by atoms with Gasteiger partial charge in [-0.25, -0.2) is 9.78 Å². The molecule has 3 aromatic rings. The molecular weight excluding hydrogens is 614 g/mol. The summed E-state index contributed by atoms with van der Waals surface area (Å²) in [6.07, 6.45) is 2.45. The quantitative estimate of drug-likeness (QED) is 0.376. The number of methoxy groups -OCH3 is 1. The standard InChI is InChI=1S/C35H47N7O6/c1-22-21-47-18-17-41(22)31-26-9-10-27(23-8-11-29(46-5)24(19-23)20-43)37-30(26)38-33(39-31)36-25-12-15-40(16-13-25)32(44)28-7-6-14-42(28)34(45)48-35(2,3)4/h8-11,19,22,25,28,43H,6-7,12-18,20-21H2,1-5H3,(H,36,37,38,39)/t22-,28?/m0/s1. The molecule has 2 aromatic heterocycles. The van der Waals surface area contributed by atoms with Gasteiger partial charge < -0.3 is 34.4 Å². The predicted octanol–water partition coefficient (Wildman–Crippen LogP) is 4.22. The molecule has 2 amide bonds. The molecule has 3 aliphatic rings. The average molecular weight is 662 g/mol. The van der Waals surface area contributed by atoms with Crippen molar-refractivity contribution in [1.29, 1.82) is 0 Å². The SMILES string of the molecule is COc1ccc(-c2ccc3c(N4CCOC[C@@H]4C)nc(NC4CCN(C(=O)C5CCCN5C(=O)OC(C)(C)C)CC4)nc3n2)cc1CO. The molecule has 0 saturated carbocycles. The van der Waals surface area contributed by atoms with Crippen molar-refractivity contribution >= 4 is 34.8 Å². The zero-order valence-electron chi connectivity index (χ0n) is 28.6. The number of nitrogens with one attached hydrogen (secondary N) is 1. The fourth-order valence-corrected chi connectivity index (χ4v) is 6.74. The number of aliphatic hydroxyl groups is 1. The van der Waals surface area contributed by atoms with Crippen molar-refractivity contribution in [1.82, 2.24) is 24.8 Å². The highest BCUT2D eigenvalue weighted by molar-refractivity contribution is 5.90. The lowest BCUT2D eigenvalue weighted by Crippen LogP contribution is -2.52. The summed E-state index contributed by atoms with van der Waals surface area (Å²) in [5.74, 6) is 1.90. The van der Waals surface area contributed by atoms with Crippen molar-refractivity contribution < 1.29 is 28.9 Å². The number of anilines is 2. The minimum atomic E-state index is -0.613. The van der Waals surface area contributed by atoms with E-state index in [2.05, 4.69) is 17.1 Å². The van der Waals surface area contributed by atoms with E-state index >= 15 is 0 Å². The van der Waals surface area contributed by atoms with Crippen LogP contribution in [0, 0.1) is 0 Å². The first-order valence-corrected chi connectivity index (χ1v) is 16.9. The molecule has 0 aliphatic carbocycles. The fraction of sp³-hybridized carbons (Fsp3) is 0.571. The second-order valence-electron chi connectivity index (χ2n) is 13.8. The van der Waals surface area contributed by atoms with E-state index in [0.717, 1.165) is 41.7 Å². The van der Waals surface area contributed by atoms with Gasteiger partial charge in [0.2, 0.25) is 11.9 Å². The van der Waals surface area contributed by atoms with Gasteiger partial charge in [0.15, 0.2) is 5.65 Å². The number of pyridine rings is 1. The number of carbonyl (C=O) groups is 2. The molecule has 3 aliphatic heterocycles. The second-order valence-corrected chi connectivity index (χ2v) is 13.8. The van der Waals surface area contributed by atoms with E-state index in [0.29, 0.717) is 68.7 Å². The topological polar surface area (TPSA) is 142 Å². The fourth-order valence-electron chi connectivity index (χ4n) is 6.74. The molecule has 2 atom stereocenters. The molecule has 13 heteroatoms. The number of fused-ring (bicyclic) bond motifs is 1. The minimum absolute atomic E-state index is 0.0121. The Morgan fingerprint density at radius 3 is 2.54 bits per heavy atom. The summed E-state index contributed by atoms with van der Waals surface area (Å²) in [6.45, 7) is 11.1. The van der Waals surface area contributed by atoms with Crippen LogP contribution >= 0.6 is 0 Å². The highest BCUT2D eigenvalue weighted by Gasteiger charge is 2.39. The smallest absolute Gasteiger partial charge is 0.410 e. The number of likely N-dealkylation sites (tertiary alicyclic amines) is 2. The number of hydrogen-bond donors (Lipinski definition) is 2. The number of piperidine rings is 1. The number of aliphatic hydroxyl groups excluding tert-OH is 1. The van der Waals surface area contributed by atoms with Gasteiger partial charge in [-0.1, -0.05) is 0 Å². The molecular formula is C35H47N7O6. The van der Waals surface area contributed by atoms with E-state index in [-0.39, 0.29) is 24.6 Å². The Morgan fingerprint density at radius 1 is 1.04 bits per heavy atom. The van der Waals surface area contributed by atoms with Crippen LogP contribution in [0.4, 0.5) is 16.6 Å². The summed E-state index contributed by atoms with van der Waals surface area (Å²) < 4.78 is 16.7. The molecule has 258 valence electrons. The first kappa shape index (κ1) is 33.7. The third kappa shape index (κ3) is 7.26. The molecule has 3 fully saturated rings. The Bertz CT molecular complexity index is 1640. The number of ether oxygens (including phenoxy) is 3. The van der Waals surface area contributed by atoms with Crippen LogP contribution in [0.1, 0.15) is 58.9 Å². The molecule has 0 radical (unpaired) electrons. The van der Waals surface area contributed by atoms with Crippen LogP contribution in [-0.2, 0) is 20.9 Å². The molecule has 48 heavy (non-hydrogen) atoms. The van der Waals surface area contributed by atoms with Gasteiger partial charge in [0.25, 0.3) is 0 Å². The van der Waals surface area contributed by atoms with Crippen molar-refractivity contribution in [3.05, 3.63) is 35.9 Å². The average Bonchev–Trinajstić information content (AvgIpc) is 3.57. The maximum atomic E-state index is 13.6. The van der Waals surface area contributed by atoms with Gasteiger partial charge in [-0.15, -0.1) is 0 Å². The lowest BCUT2D eigenvalue weighted by atomic mass is 10.0. The third-order valence-corrected chi connectivity index (χ3v) is 9.23. The lowest BCUT2D eigenvalue weighted by Gasteiger charge is -2.36. The molecule has 2 N–H and O–H groups in total. The lowest BCUT2D eigenvalue weighted by molar-refractivity contribution is -0.136. The van der Waals surface area contributed by atoms with Crippen molar-refractivity contribution in [2.75, 3.05) is 56.7 Å². The van der Waals surface area contributed by atoms with Crippen molar-refractivity contribution in [3.8, 4) is 17.0 Å². The third-order valence-electron chi connectivity index (χ3n) is 9.23. The van der Waals surface area contributed by atoms with Gasteiger partial charge >= 0.3 is 6.09 Å². The maximum absolute atomic E-state index is 13.6. The Hall–Kier alpha value is -4.23. The van der Waals surface area contributed by atoms with Crippen LogP contribution in [0.15, 0.2) is 30.3 Å². The maximum Gasteiger partial charge on any atom is 0.410 e. The highest BCUT2D eigenvalue weighted by Crippen LogP contribution is 2.32. The van der Waals surface area contributed by atoms with Crippen molar-refractivity contribution in [3.63, 3.8) is 0 Å². The van der Waals surface area contributed by atoms with Crippen LogP contribution < -0.4 is 15.0 Å². The molecule has 0 bridgehead atoms. The van der Waals surface area contributed by atoms with Gasteiger partial charge in [0.1, 0.15) is 23.2 Å². The second kappa shape index (κ2) is 14.1. The van der Waals surface area contributed by atoms with E-state index < -0.39 is 17.7 Å². The monoisotopic (exact) mass is 661 g/mol. The molecule has 5 heterocycles. The highest BCUT2D eigenvalue weighted by atomic mass is 16.6. The van der Waals surface area contributed by atoms with Crippen molar-refractivity contribution in [2.45, 2.75) is 83.7 Å². The van der Waals surface area contributed by atoms with Gasteiger partial charge in [-0.2, -0.15) is 9.97 Å². The first-order valence-electron chi connectivity index (χ1n) is 16.9. The number of benzene rings is 1. The Labute approximate surface area is 281 Å². The number of hydrogen-bond acceptors (Lipinski definition) is 11. The summed E-state index contributed by atoms with van der Waals surface area (Å²) in [5, 5.41) is 14.3. The Kier molecular flexibility index (Phi) is 9.88. The number of rotatable bonds is 7. The number of amides is 2. The van der Waals surface area contributed by atoms with Gasteiger partial charge in [-0.05, 0) is 83.7 Å². The van der Waals surface area contributed by atoms with Crippen LogP contribution in [0.2, 0.25) is 0 Å². The minimum Gasteiger partial charge on any atom is -0.496 e. The van der Waals surface area contributed by atoms with E-state index in [1.807, 2.05) is 56.0 Å². The summed E-state index contributed by atoms with van der Waals surface area (Å²) in [4.78, 5) is 46.9. The number of morpholine rings is 1. The van der Waals surface area contributed by atoms with Crippen molar-refractivity contribution in [2.24, 2.45) is 0 Å². The van der Waals surface area contributed by atoms with Gasteiger partial charge in [0, 0.05) is 43.3 Å². The van der Waals surface area contributed by atoms with Gasteiger partial charge in [-0.3, -0.25) is 9.69 Å². The molecule has 13 nitrogen and oxygen atoms in total.